The molecule has 0 aromatic heterocycles. The molecule has 6 atom stereocenters. The quantitative estimate of drug-likeness (QED) is 0.0222. The fourth-order valence-corrected chi connectivity index (χ4v) is 13.3. The largest absolute Gasteiger partial charge is 0.472 e. The summed E-state index contributed by atoms with van der Waals surface area (Å²) >= 11 is 0. The number of carbonyl (C=O) groups is 4. The van der Waals surface area contributed by atoms with Crippen molar-refractivity contribution in [2.45, 2.75) is 408 Å². The molecule has 0 radical (unpaired) electrons. The van der Waals surface area contributed by atoms with Crippen molar-refractivity contribution in [3.05, 3.63) is 0 Å². The predicted molar refractivity (Wildman–Crippen MR) is 391 cm³/mol. The van der Waals surface area contributed by atoms with Crippen LogP contribution in [-0.4, -0.2) is 96.7 Å². The lowest BCUT2D eigenvalue weighted by Crippen LogP contribution is -2.30. The van der Waals surface area contributed by atoms with Crippen LogP contribution in [0.1, 0.15) is 389 Å². The third kappa shape index (κ3) is 69.2. The Hall–Kier alpha value is -1.94. The van der Waals surface area contributed by atoms with Crippen LogP contribution in [0.4, 0.5) is 0 Å². The monoisotopic (exact) mass is 1410 g/mol. The molecule has 17 nitrogen and oxygen atoms in total. The zero-order valence-corrected chi connectivity index (χ0v) is 64.8. The fourth-order valence-electron chi connectivity index (χ4n) is 11.7. The lowest BCUT2D eigenvalue weighted by Gasteiger charge is -2.21. The number of carbonyl (C=O) groups excluding carboxylic acids is 4. The van der Waals surface area contributed by atoms with Crippen LogP contribution < -0.4 is 0 Å². The standard InChI is InChI=1S/C77H150O17P2/c1-9-70(8)56-48-40-32-23-18-16-14-12-10-11-13-15-17-19-24-33-41-49-57-74(79)87-63-72(93-76(81)59-51-43-34-25-21-20-22-29-37-45-53-67(2)3)65-91-95(83,84)89-61-71(78)62-90-96(85,86)92-66-73(64-88-75(80)58-50-42-36-28-31-39-47-55-69(6)7)94-77(82)60-52-44-35-27-26-30-38-46-54-68(4)5/h67-73,78H,9-66H2,1-8H3,(H,83,84)(H,85,86)/t70?,71?,72-,73-/m1/s1. The van der Waals surface area contributed by atoms with Gasteiger partial charge in [0.05, 0.1) is 26.4 Å². The van der Waals surface area contributed by atoms with E-state index < -0.39 is 97.5 Å². The molecule has 19 heteroatoms. The zero-order valence-electron chi connectivity index (χ0n) is 63.0. The number of hydrogen-bond donors (Lipinski definition) is 3. The van der Waals surface area contributed by atoms with Gasteiger partial charge >= 0.3 is 39.5 Å². The second kappa shape index (κ2) is 66.3. The van der Waals surface area contributed by atoms with E-state index in [1.165, 1.54) is 186 Å². The van der Waals surface area contributed by atoms with E-state index in [-0.39, 0.29) is 25.7 Å². The summed E-state index contributed by atoms with van der Waals surface area (Å²) in [5, 5.41) is 10.6. The molecule has 0 aliphatic heterocycles. The highest BCUT2D eigenvalue weighted by molar-refractivity contribution is 7.47. The number of unbranched alkanes of at least 4 members (excludes halogenated alkanes) is 39. The molecular formula is C77H150O17P2. The summed E-state index contributed by atoms with van der Waals surface area (Å²) in [5.41, 5.74) is 0. The van der Waals surface area contributed by atoms with Crippen molar-refractivity contribution in [2.24, 2.45) is 23.7 Å². The van der Waals surface area contributed by atoms with Crippen molar-refractivity contribution >= 4 is 39.5 Å². The Balaban J connectivity index is 5.16. The average molecular weight is 1410 g/mol. The van der Waals surface area contributed by atoms with Crippen molar-refractivity contribution < 1.29 is 80.2 Å². The molecule has 96 heavy (non-hydrogen) atoms. The molecule has 0 rings (SSSR count). The Morgan fingerprint density at radius 1 is 0.292 bits per heavy atom. The SMILES string of the molecule is CCC(C)CCCCCCCCCCCCCCCCCCCCC(=O)OC[C@H](COP(=O)(O)OCC(O)COP(=O)(O)OC[C@@H](COC(=O)CCCCCCCCCC(C)C)OC(=O)CCCCCCCCCCC(C)C)OC(=O)CCCCCCCCCCCCC(C)C. The molecule has 0 aromatic carbocycles. The van der Waals surface area contributed by atoms with Gasteiger partial charge in [-0.25, -0.2) is 9.13 Å². The Kier molecular flexibility index (Phi) is 65.0. The van der Waals surface area contributed by atoms with E-state index in [9.17, 15) is 43.2 Å². The van der Waals surface area contributed by atoms with Crippen LogP contribution in [0.25, 0.3) is 0 Å². The highest BCUT2D eigenvalue weighted by atomic mass is 31.2. The minimum Gasteiger partial charge on any atom is -0.462 e. The molecule has 570 valence electrons. The summed E-state index contributed by atoms with van der Waals surface area (Å²) in [6.07, 6.45) is 51.6. The number of esters is 4. The van der Waals surface area contributed by atoms with E-state index in [0.717, 1.165) is 114 Å². The number of phosphoric ester groups is 2. The van der Waals surface area contributed by atoms with Gasteiger partial charge in [-0.3, -0.25) is 37.3 Å². The van der Waals surface area contributed by atoms with Crippen molar-refractivity contribution in [3.63, 3.8) is 0 Å². The van der Waals surface area contributed by atoms with Gasteiger partial charge in [-0.2, -0.15) is 0 Å². The number of phosphoric acid groups is 2. The van der Waals surface area contributed by atoms with E-state index in [1.807, 2.05) is 0 Å². The maximum absolute atomic E-state index is 13.1. The second-order valence-electron chi connectivity index (χ2n) is 29.4. The number of aliphatic hydroxyl groups excluding tert-OH is 1. The molecule has 0 saturated heterocycles. The second-order valence-corrected chi connectivity index (χ2v) is 32.3. The number of rotatable bonds is 74. The molecule has 0 spiro atoms. The normalized spacial score (nSPS) is 14.4. The fraction of sp³-hybridized carbons (Fsp3) is 0.948. The molecule has 3 N–H and O–H groups in total. The van der Waals surface area contributed by atoms with Gasteiger partial charge in [0.1, 0.15) is 19.3 Å². The van der Waals surface area contributed by atoms with Gasteiger partial charge in [-0.15, -0.1) is 0 Å². The molecule has 0 bridgehead atoms. The molecule has 0 heterocycles. The van der Waals surface area contributed by atoms with E-state index in [4.69, 9.17) is 37.0 Å². The van der Waals surface area contributed by atoms with Crippen LogP contribution in [0.2, 0.25) is 0 Å². The number of aliphatic hydroxyl groups is 1. The zero-order chi connectivity index (χ0) is 71.0. The van der Waals surface area contributed by atoms with Gasteiger partial charge in [-0.1, -0.05) is 338 Å². The van der Waals surface area contributed by atoms with Gasteiger partial charge in [0.25, 0.3) is 0 Å². The van der Waals surface area contributed by atoms with Crippen LogP contribution in [0, 0.1) is 23.7 Å². The summed E-state index contributed by atoms with van der Waals surface area (Å²) in [6.45, 7) is 14.2. The maximum Gasteiger partial charge on any atom is 0.472 e. The first-order valence-corrected chi connectivity index (χ1v) is 42.7. The van der Waals surface area contributed by atoms with E-state index in [0.29, 0.717) is 31.6 Å². The number of ether oxygens (including phenoxy) is 4. The Morgan fingerprint density at radius 3 is 0.740 bits per heavy atom. The van der Waals surface area contributed by atoms with Crippen LogP contribution in [0.5, 0.6) is 0 Å². The van der Waals surface area contributed by atoms with Gasteiger partial charge in [0.15, 0.2) is 12.2 Å². The number of hydrogen-bond acceptors (Lipinski definition) is 15. The first kappa shape index (κ1) is 94.1. The third-order valence-electron chi connectivity index (χ3n) is 18.2. The van der Waals surface area contributed by atoms with Crippen LogP contribution >= 0.6 is 15.6 Å². The lowest BCUT2D eigenvalue weighted by molar-refractivity contribution is -0.161. The van der Waals surface area contributed by atoms with Gasteiger partial charge in [0, 0.05) is 25.7 Å². The van der Waals surface area contributed by atoms with E-state index >= 15 is 0 Å². The van der Waals surface area contributed by atoms with Gasteiger partial charge in [0.2, 0.25) is 0 Å². The molecule has 4 unspecified atom stereocenters. The smallest absolute Gasteiger partial charge is 0.462 e. The Bertz CT molecular complexity index is 1890. The Labute approximate surface area is 588 Å². The highest BCUT2D eigenvalue weighted by Crippen LogP contribution is 2.45. The topological polar surface area (TPSA) is 237 Å². The minimum absolute atomic E-state index is 0.103. The molecule has 0 aliphatic carbocycles. The highest BCUT2D eigenvalue weighted by Gasteiger charge is 2.30. The van der Waals surface area contributed by atoms with Crippen molar-refractivity contribution in [1.82, 2.24) is 0 Å². The van der Waals surface area contributed by atoms with Gasteiger partial charge in [-0.05, 0) is 49.4 Å². The van der Waals surface area contributed by atoms with Crippen molar-refractivity contribution in [2.75, 3.05) is 39.6 Å². The lowest BCUT2D eigenvalue weighted by atomic mass is 9.99. The summed E-state index contributed by atoms with van der Waals surface area (Å²) in [7, 11) is -9.91. The Morgan fingerprint density at radius 2 is 0.500 bits per heavy atom. The first-order chi connectivity index (χ1) is 46.1. The minimum atomic E-state index is -4.96. The van der Waals surface area contributed by atoms with Crippen LogP contribution in [0.3, 0.4) is 0 Å². The van der Waals surface area contributed by atoms with E-state index in [2.05, 4.69) is 55.4 Å². The summed E-state index contributed by atoms with van der Waals surface area (Å²) in [6, 6.07) is 0. The summed E-state index contributed by atoms with van der Waals surface area (Å²) in [5.74, 6) is 0.925. The predicted octanol–water partition coefficient (Wildman–Crippen LogP) is 22.4. The molecular weight excluding hydrogens is 1260 g/mol. The summed E-state index contributed by atoms with van der Waals surface area (Å²) in [4.78, 5) is 72.8. The van der Waals surface area contributed by atoms with Crippen LogP contribution in [-0.2, 0) is 65.4 Å². The molecule has 0 fully saturated rings. The maximum atomic E-state index is 13.1. The first-order valence-electron chi connectivity index (χ1n) is 39.7. The van der Waals surface area contributed by atoms with Crippen molar-refractivity contribution in [3.8, 4) is 0 Å². The molecule has 0 aliphatic rings. The average Bonchev–Trinajstić information content (AvgIpc) is 1.42. The van der Waals surface area contributed by atoms with Crippen molar-refractivity contribution in [1.29, 1.82) is 0 Å². The summed E-state index contributed by atoms with van der Waals surface area (Å²) < 4.78 is 68.5. The molecule has 0 saturated carbocycles. The van der Waals surface area contributed by atoms with Crippen LogP contribution in [0.15, 0.2) is 0 Å². The van der Waals surface area contributed by atoms with E-state index in [1.54, 1.807) is 0 Å². The third-order valence-corrected chi connectivity index (χ3v) is 20.1. The molecule has 0 aromatic rings. The van der Waals surface area contributed by atoms with Gasteiger partial charge < -0.3 is 33.8 Å². The molecule has 0 amide bonds.